The van der Waals surface area contributed by atoms with Gasteiger partial charge in [-0.05, 0) is 43.9 Å². The van der Waals surface area contributed by atoms with Crippen LogP contribution < -0.4 is 0 Å². The Bertz CT molecular complexity index is 370. The molecule has 16 heavy (non-hydrogen) atoms. The van der Waals surface area contributed by atoms with E-state index in [1.165, 1.54) is 19.3 Å². The van der Waals surface area contributed by atoms with Gasteiger partial charge in [0.05, 0.1) is 5.56 Å². The van der Waals surface area contributed by atoms with Crippen molar-refractivity contribution in [1.82, 2.24) is 0 Å². The molecular formula is C13H16O2S. The summed E-state index contributed by atoms with van der Waals surface area (Å²) in [4.78, 5) is 12.6. The number of thiol groups is 1. The average Bonchev–Trinajstić information content (AvgIpc) is 2.30. The van der Waals surface area contributed by atoms with Gasteiger partial charge in [-0.25, -0.2) is 4.79 Å². The van der Waals surface area contributed by atoms with Crippen LogP contribution in [0.15, 0.2) is 29.2 Å². The normalized spacial score (nSPS) is 17.1. The lowest BCUT2D eigenvalue weighted by molar-refractivity contribution is 0.0211. The second-order valence-electron chi connectivity index (χ2n) is 4.22. The lowest BCUT2D eigenvalue weighted by atomic mass is 9.98. The molecule has 1 aliphatic carbocycles. The molecule has 3 heteroatoms. The lowest BCUT2D eigenvalue weighted by Gasteiger charge is -2.21. The maximum atomic E-state index is 11.8. The van der Waals surface area contributed by atoms with Crippen LogP contribution >= 0.6 is 12.6 Å². The van der Waals surface area contributed by atoms with E-state index in [9.17, 15) is 4.79 Å². The molecule has 0 heterocycles. The Kier molecular flexibility index (Phi) is 3.88. The Labute approximate surface area is 101 Å². The molecule has 0 atom stereocenters. The van der Waals surface area contributed by atoms with Gasteiger partial charge in [0, 0.05) is 4.90 Å². The van der Waals surface area contributed by atoms with Crippen LogP contribution in [0.1, 0.15) is 42.5 Å². The van der Waals surface area contributed by atoms with Crippen LogP contribution in [0.4, 0.5) is 0 Å². The highest BCUT2D eigenvalue weighted by Gasteiger charge is 2.18. The molecule has 0 spiro atoms. The monoisotopic (exact) mass is 236 g/mol. The highest BCUT2D eigenvalue weighted by molar-refractivity contribution is 7.80. The van der Waals surface area contributed by atoms with Crippen LogP contribution in [0.2, 0.25) is 0 Å². The topological polar surface area (TPSA) is 26.3 Å². The van der Waals surface area contributed by atoms with E-state index in [-0.39, 0.29) is 12.1 Å². The van der Waals surface area contributed by atoms with E-state index < -0.39 is 0 Å². The second kappa shape index (κ2) is 5.39. The molecule has 1 aromatic carbocycles. The Balaban J connectivity index is 1.97. The van der Waals surface area contributed by atoms with Gasteiger partial charge >= 0.3 is 5.97 Å². The predicted molar refractivity (Wildman–Crippen MR) is 66.0 cm³/mol. The van der Waals surface area contributed by atoms with Crippen molar-refractivity contribution in [3.63, 3.8) is 0 Å². The van der Waals surface area contributed by atoms with Crippen molar-refractivity contribution in [2.45, 2.75) is 43.1 Å². The summed E-state index contributed by atoms with van der Waals surface area (Å²) < 4.78 is 5.46. The molecule has 0 aliphatic heterocycles. The third-order valence-corrected chi connectivity index (χ3v) is 3.19. The van der Waals surface area contributed by atoms with Gasteiger partial charge in [0.15, 0.2) is 0 Å². The molecule has 0 amide bonds. The number of esters is 1. The first-order valence-electron chi connectivity index (χ1n) is 5.76. The molecule has 0 radical (unpaired) electrons. The van der Waals surface area contributed by atoms with E-state index in [1.54, 1.807) is 12.1 Å². The van der Waals surface area contributed by atoms with Gasteiger partial charge < -0.3 is 4.74 Å². The smallest absolute Gasteiger partial charge is 0.338 e. The quantitative estimate of drug-likeness (QED) is 0.628. The maximum Gasteiger partial charge on any atom is 0.338 e. The molecule has 0 unspecified atom stereocenters. The molecule has 1 aliphatic rings. The van der Waals surface area contributed by atoms with Crippen molar-refractivity contribution < 1.29 is 9.53 Å². The number of hydrogen-bond donors (Lipinski definition) is 1. The van der Waals surface area contributed by atoms with Gasteiger partial charge in [-0.15, -0.1) is 12.6 Å². The molecule has 86 valence electrons. The maximum absolute atomic E-state index is 11.8. The first-order valence-corrected chi connectivity index (χ1v) is 6.20. The zero-order chi connectivity index (χ0) is 11.4. The molecule has 2 nitrogen and oxygen atoms in total. The largest absolute Gasteiger partial charge is 0.459 e. The molecule has 0 N–H and O–H groups in total. The van der Waals surface area contributed by atoms with Crippen molar-refractivity contribution in [2.24, 2.45) is 0 Å². The molecule has 1 aromatic rings. The summed E-state index contributed by atoms with van der Waals surface area (Å²) in [6.45, 7) is 0. The van der Waals surface area contributed by atoms with E-state index in [0.29, 0.717) is 5.56 Å². The summed E-state index contributed by atoms with van der Waals surface area (Å²) in [6, 6.07) is 7.18. The van der Waals surface area contributed by atoms with E-state index in [1.807, 2.05) is 12.1 Å². The number of benzene rings is 1. The van der Waals surface area contributed by atoms with Crippen molar-refractivity contribution in [1.29, 1.82) is 0 Å². The van der Waals surface area contributed by atoms with Gasteiger partial charge in [-0.1, -0.05) is 12.5 Å². The minimum atomic E-state index is -0.220. The van der Waals surface area contributed by atoms with Gasteiger partial charge in [-0.2, -0.15) is 0 Å². The van der Waals surface area contributed by atoms with Gasteiger partial charge in [0.1, 0.15) is 6.10 Å². The zero-order valence-electron chi connectivity index (χ0n) is 9.19. The van der Waals surface area contributed by atoms with Crippen molar-refractivity contribution in [3.8, 4) is 0 Å². The first kappa shape index (κ1) is 11.5. The molecule has 2 rings (SSSR count). The fourth-order valence-electron chi connectivity index (χ4n) is 2.04. The second-order valence-corrected chi connectivity index (χ2v) is 4.73. The van der Waals surface area contributed by atoms with Crippen LogP contribution in [-0.4, -0.2) is 12.1 Å². The van der Waals surface area contributed by atoms with Gasteiger partial charge in [-0.3, -0.25) is 0 Å². The molecule has 0 bridgehead atoms. The highest BCUT2D eigenvalue weighted by Crippen LogP contribution is 2.21. The lowest BCUT2D eigenvalue weighted by Crippen LogP contribution is -2.20. The summed E-state index contributed by atoms with van der Waals surface area (Å²) in [7, 11) is 0. The SMILES string of the molecule is O=C(OC1CCCCC1)c1cccc(S)c1. The van der Waals surface area contributed by atoms with Crippen LogP contribution in [0.3, 0.4) is 0 Å². The molecular weight excluding hydrogens is 220 g/mol. The van der Waals surface area contributed by atoms with Crippen molar-refractivity contribution in [3.05, 3.63) is 29.8 Å². The molecule has 1 saturated carbocycles. The summed E-state index contributed by atoms with van der Waals surface area (Å²) in [5.41, 5.74) is 0.595. The minimum absolute atomic E-state index is 0.116. The van der Waals surface area contributed by atoms with Gasteiger partial charge in [0.2, 0.25) is 0 Å². The van der Waals surface area contributed by atoms with E-state index in [0.717, 1.165) is 17.7 Å². The summed E-state index contributed by atoms with van der Waals surface area (Å²) in [6.07, 6.45) is 5.73. The Morgan fingerprint density at radius 3 is 2.69 bits per heavy atom. The van der Waals surface area contributed by atoms with E-state index >= 15 is 0 Å². The standard InChI is InChI=1S/C13H16O2S/c14-13(10-5-4-8-12(16)9-10)15-11-6-2-1-3-7-11/h4-5,8-9,11,16H,1-3,6-7H2. The van der Waals surface area contributed by atoms with Crippen LogP contribution in [0.5, 0.6) is 0 Å². The Morgan fingerprint density at radius 1 is 1.25 bits per heavy atom. The van der Waals surface area contributed by atoms with Crippen LogP contribution in [-0.2, 0) is 4.74 Å². The highest BCUT2D eigenvalue weighted by atomic mass is 32.1. The predicted octanol–water partition coefficient (Wildman–Crippen LogP) is 3.46. The van der Waals surface area contributed by atoms with E-state index in [4.69, 9.17) is 4.74 Å². The number of carbonyl (C=O) groups is 1. The number of hydrogen-bond acceptors (Lipinski definition) is 3. The fraction of sp³-hybridized carbons (Fsp3) is 0.462. The minimum Gasteiger partial charge on any atom is -0.459 e. The number of ether oxygens (including phenoxy) is 1. The summed E-state index contributed by atoms with van der Waals surface area (Å²) >= 11 is 4.21. The third kappa shape index (κ3) is 3.01. The van der Waals surface area contributed by atoms with Crippen LogP contribution in [0, 0.1) is 0 Å². The Hall–Kier alpha value is -0.960. The zero-order valence-corrected chi connectivity index (χ0v) is 10.1. The third-order valence-electron chi connectivity index (χ3n) is 2.91. The molecule has 0 aromatic heterocycles. The molecule has 1 fully saturated rings. The van der Waals surface area contributed by atoms with Crippen molar-refractivity contribution >= 4 is 18.6 Å². The van der Waals surface area contributed by atoms with Crippen LogP contribution in [0.25, 0.3) is 0 Å². The van der Waals surface area contributed by atoms with E-state index in [2.05, 4.69) is 12.6 Å². The Morgan fingerprint density at radius 2 is 2.00 bits per heavy atom. The number of rotatable bonds is 2. The van der Waals surface area contributed by atoms with Crippen molar-refractivity contribution in [2.75, 3.05) is 0 Å². The van der Waals surface area contributed by atoms with Gasteiger partial charge in [0.25, 0.3) is 0 Å². The summed E-state index contributed by atoms with van der Waals surface area (Å²) in [5, 5.41) is 0. The fourth-order valence-corrected chi connectivity index (χ4v) is 2.26. The summed E-state index contributed by atoms with van der Waals surface area (Å²) in [5.74, 6) is -0.220. The molecule has 0 saturated heterocycles. The first-order chi connectivity index (χ1) is 7.75. The number of carbonyl (C=O) groups excluding carboxylic acids is 1. The average molecular weight is 236 g/mol.